The van der Waals surface area contributed by atoms with E-state index in [2.05, 4.69) is 29.6 Å². The molecule has 2 aromatic rings. The molecule has 1 atom stereocenters. The third kappa shape index (κ3) is 3.06. The Hall–Kier alpha value is -2.37. The van der Waals surface area contributed by atoms with Crippen LogP contribution in [0.5, 0.6) is 0 Å². The van der Waals surface area contributed by atoms with E-state index in [1.807, 2.05) is 24.3 Å². The van der Waals surface area contributed by atoms with Crippen molar-refractivity contribution < 1.29 is 14.6 Å². The molecule has 4 N–H and O–H groups in total. The highest BCUT2D eigenvalue weighted by Gasteiger charge is 2.29. The number of rotatable bonds is 5. The molecule has 1 aliphatic rings. The average molecular weight is 312 g/mol. The Morgan fingerprint density at radius 1 is 1.13 bits per heavy atom. The van der Waals surface area contributed by atoms with Crippen LogP contribution in [0, 0.1) is 0 Å². The maximum atomic E-state index is 11.9. The summed E-state index contributed by atoms with van der Waals surface area (Å²) in [5.74, 6) is 0.0265. The third-order valence-electron chi connectivity index (χ3n) is 4.17. The summed E-state index contributed by atoms with van der Waals surface area (Å²) in [6, 6.07) is 15.8. The van der Waals surface area contributed by atoms with Crippen LogP contribution in [-0.4, -0.2) is 37.0 Å². The Labute approximate surface area is 135 Å². The summed E-state index contributed by atoms with van der Waals surface area (Å²) in [5, 5.41) is 11.6. The lowest BCUT2D eigenvalue weighted by molar-refractivity contribution is 0.133. The second kappa shape index (κ2) is 6.81. The van der Waals surface area contributed by atoms with Crippen LogP contribution in [-0.2, 0) is 4.74 Å². The zero-order valence-corrected chi connectivity index (χ0v) is 12.7. The first-order valence-corrected chi connectivity index (χ1v) is 7.67. The number of carbonyl (C=O) groups excluding carboxylic acids is 1. The number of ether oxygens (including phenoxy) is 1. The lowest BCUT2D eigenvalue weighted by Crippen LogP contribution is -2.43. The van der Waals surface area contributed by atoms with E-state index in [0.717, 1.165) is 0 Å². The van der Waals surface area contributed by atoms with Crippen molar-refractivity contribution in [2.45, 2.75) is 12.0 Å². The van der Waals surface area contributed by atoms with E-state index < -0.39 is 12.1 Å². The monoisotopic (exact) mass is 312 g/mol. The number of nitrogens with one attached hydrogen (secondary N) is 1. The molecule has 23 heavy (non-hydrogen) atoms. The molecule has 1 amide bonds. The fourth-order valence-corrected chi connectivity index (χ4v) is 2.99. The van der Waals surface area contributed by atoms with E-state index in [-0.39, 0.29) is 25.7 Å². The van der Waals surface area contributed by atoms with Crippen LogP contribution in [0.25, 0.3) is 11.1 Å². The zero-order valence-electron chi connectivity index (χ0n) is 12.7. The topological polar surface area (TPSA) is 84.6 Å². The molecule has 0 saturated carbocycles. The normalized spacial score (nSPS) is 14.0. The first kappa shape index (κ1) is 15.5. The fourth-order valence-electron chi connectivity index (χ4n) is 2.99. The lowest BCUT2D eigenvalue weighted by atomic mass is 9.98. The Morgan fingerprint density at radius 3 is 2.22 bits per heavy atom. The molecule has 0 fully saturated rings. The number of nitrogens with two attached hydrogens (primary N) is 1. The minimum Gasteiger partial charge on any atom is -0.449 e. The zero-order chi connectivity index (χ0) is 16.2. The molecule has 5 heteroatoms. The van der Waals surface area contributed by atoms with E-state index in [0.29, 0.717) is 0 Å². The van der Waals surface area contributed by atoms with Gasteiger partial charge in [-0.1, -0.05) is 48.5 Å². The smallest absolute Gasteiger partial charge is 0.407 e. The van der Waals surface area contributed by atoms with Crippen LogP contribution >= 0.6 is 0 Å². The predicted octanol–water partition coefficient (Wildman–Crippen LogP) is 1.84. The van der Waals surface area contributed by atoms with Gasteiger partial charge in [-0.15, -0.1) is 0 Å². The maximum absolute atomic E-state index is 11.9. The summed E-state index contributed by atoms with van der Waals surface area (Å²) in [7, 11) is 0. The van der Waals surface area contributed by atoms with Crippen LogP contribution in [0.15, 0.2) is 48.5 Å². The van der Waals surface area contributed by atoms with Crippen LogP contribution < -0.4 is 11.1 Å². The molecule has 120 valence electrons. The first-order chi connectivity index (χ1) is 11.2. The van der Waals surface area contributed by atoms with Crippen molar-refractivity contribution in [3.8, 4) is 11.1 Å². The van der Waals surface area contributed by atoms with Crippen molar-refractivity contribution in [3.63, 3.8) is 0 Å². The number of aliphatic hydroxyl groups excluding tert-OH is 1. The molecule has 0 heterocycles. The maximum Gasteiger partial charge on any atom is 0.407 e. The van der Waals surface area contributed by atoms with Gasteiger partial charge in [0.25, 0.3) is 0 Å². The molecule has 0 aliphatic heterocycles. The van der Waals surface area contributed by atoms with Crippen molar-refractivity contribution in [2.75, 3.05) is 19.8 Å². The standard InChI is InChI=1S/C18H20N2O3/c19-9-12(10-21)20-18(22)23-11-17-15-7-3-1-5-13(15)14-6-2-4-8-16(14)17/h1-8,12,17,21H,9-11,19H2,(H,20,22)/t12-/m0/s1. The summed E-state index contributed by atoms with van der Waals surface area (Å²) in [6.45, 7) is 0.212. The number of hydrogen-bond donors (Lipinski definition) is 3. The summed E-state index contributed by atoms with van der Waals surface area (Å²) in [4.78, 5) is 11.9. The molecule has 3 rings (SSSR count). The molecule has 0 unspecified atom stereocenters. The SMILES string of the molecule is NC[C@@H](CO)NC(=O)OCC1c2ccccc2-c2ccccc21. The second-order valence-electron chi connectivity index (χ2n) is 5.59. The van der Waals surface area contributed by atoms with Crippen LogP contribution in [0.3, 0.4) is 0 Å². The minimum atomic E-state index is -0.559. The van der Waals surface area contributed by atoms with Crippen LogP contribution in [0.2, 0.25) is 0 Å². The Kier molecular flexibility index (Phi) is 4.60. The van der Waals surface area contributed by atoms with Gasteiger partial charge in [-0.05, 0) is 22.3 Å². The second-order valence-corrected chi connectivity index (χ2v) is 5.59. The van der Waals surface area contributed by atoms with Gasteiger partial charge in [-0.2, -0.15) is 0 Å². The highest BCUT2D eigenvalue weighted by Crippen LogP contribution is 2.44. The number of hydrogen-bond acceptors (Lipinski definition) is 4. The van der Waals surface area contributed by atoms with E-state index in [9.17, 15) is 4.79 Å². The minimum absolute atomic E-state index is 0.0265. The number of alkyl carbamates (subject to hydrolysis) is 1. The lowest BCUT2D eigenvalue weighted by Gasteiger charge is -2.17. The van der Waals surface area contributed by atoms with Gasteiger partial charge in [-0.25, -0.2) is 4.79 Å². The van der Waals surface area contributed by atoms with Gasteiger partial charge in [0, 0.05) is 12.5 Å². The highest BCUT2D eigenvalue weighted by molar-refractivity contribution is 5.79. The van der Waals surface area contributed by atoms with Gasteiger partial charge >= 0.3 is 6.09 Å². The largest absolute Gasteiger partial charge is 0.449 e. The molecule has 0 aromatic heterocycles. The van der Waals surface area contributed by atoms with Gasteiger partial charge in [0.15, 0.2) is 0 Å². The molecule has 0 saturated heterocycles. The molecule has 0 bridgehead atoms. The Balaban J connectivity index is 1.75. The molecular formula is C18H20N2O3. The van der Waals surface area contributed by atoms with E-state index >= 15 is 0 Å². The Bertz CT molecular complexity index is 653. The molecule has 5 nitrogen and oxygen atoms in total. The molecule has 0 radical (unpaired) electrons. The predicted molar refractivity (Wildman–Crippen MR) is 88.1 cm³/mol. The van der Waals surface area contributed by atoms with Gasteiger partial charge in [0.2, 0.25) is 0 Å². The quantitative estimate of drug-likeness (QED) is 0.786. The van der Waals surface area contributed by atoms with E-state index in [1.165, 1.54) is 22.3 Å². The first-order valence-electron chi connectivity index (χ1n) is 7.67. The van der Waals surface area contributed by atoms with Crippen molar-refractivity contribution in [3.05, 3.63) is 59.7 Å². The van der Waals surface area contributed by atoms with E-state index in [1.54, 1.807) is 0 Å². The molecular weight excluding hydrogens is 292 g/mol. The van der Waals surface area contributed by atoms with Gasteiger partial charge in [0.1, 0.15) is 6.61 Å². The van der Waals surface area contributed by atoms with Gasteiger partial charge < -0.3 is 20.9 Å². The fraction of sp³-hybridized carbons (Fsp3) is 0.278. The number of carbonyl (C=O) groups is 1. The molecule has 1 aliphatic carbocycles. The highest BCUT2D eigenvalue weighted by atomic mass is 16.5. The van der Waals surface area contributed by atoms with Crippen molar-refractivity contribution >= 4 is 6.09 Å². The van der Waals surface area contributed by atoms with Gasteiger partial charge in [-0.3, -0.25) is 0 Å². The van der Waals surface area contributed by atoms with Crippen LogP contribution in [0.1, 0.15) is 17.0 Å². The molecule has 0 spiro atoms. The van der Waals surface area contributed by atoms with Gasteiger partial charge in [0.05, 0.1) is 12.6 Å². The summed E-state index contributed by atoms with van der Waals surface area (Å²) in [5.41, 5.74) is 10.2. The molecule has 2 aromatic carbocycles. The number of amides is 1. The van der Waals surface area contributed by atoms with Crippen LogP contribution in [0.4, 0.5) is 4.79 Å². The summed E-state index contributed by atoms with van der Waals surface area (Å²) in [6.07, 6.45) is -0.559. The Morgan fingerprint density at radius 2 is 1.70 bits per heavy atom. The van der Waals surface area contributed by atoms with E-state index in [4.69, 9.17) is 15.6 Å². The van der Waals surface area contributed by atoms with Crippen molar-refractivity contribution in [2.24, 2.45) is 5.73 Å². The average Bonchev–Trinajstić information content (AvgIpc) is 2.92. The number of aliphatic hydroxyl groups is 1. The number of benzene rings is 2. The van der Waals surface area contributed by atoms with Crippen molar-refractivity contribution in [1.29, 1.82) is 0 Å². The van der Waals surface area contributed by atoms with Crippen molar-refractivity contribution in [1.82, 2.24) is 5.32 Å². The third-order valence-corrected chi connectivity index (χ3v) is 4.17. The number of fused-ring (bicyclic) bond motifs is 3. The summed E-state index contributed by atoms with van der Waals surface area (Å²) >= 11 is 0. The summed E-state index contributed by atoms with van der Waals surface area (Å²) < 4.78 is 5.36.